The van der Waals surface area contributed by atoms with Gasteiger partial charge in [0.1, 0.15) is 6.79 Å². The molecule has 0 radical (unpaired) electrons. The summed E-state index contributed by atoms with van der Waals surface area (Å²) in [4.78, 5) is 0. The predicted molar refractivity (Wildman–Crippen MR) is 122 cm³/mol. The molecule has 4 aliphatic carbocycles. The van der Waals surface area contributed by atoms with Crippen molar-refractivity contribution in [1.82, 2.24) is 0 Å². The first-order valence-corrected chi connectivity index (χ1v) is 13.6. The maximum Gasteiger partial charge on any atom is 0.146 e. The van der Waals surface area contributed by atoms with Gasteiger partial charge in [-0.25, -0.2) is 0 Å². The second-order valence-electron chi connectivity index (χ2n) is 10.7. The van der Waals surface area contributed by atoms with Gasteiger partial charge in [-0.2, -0.15) is 0 Å². The Labute approximate surface area is 185 Å². The second-order valence-corrected chi connectivity index (χ2v) is 13.8. The number of ether oxygens (including phenoxy) is 2. The van der Waals surface area contributed by atoms with E-state index in [0.717, 1.165) is 18.8 Å². The Hall–Kier alpha value is 0.320. The van der Waals surface area contributed by atoms with Crippen molar-refractivity contribution in [1.29, 1.82) is 0 Å². The molecular formula is C24H38O3S2. The highest BCUT2D eigenvalue weighted by molar-refractivity contribution is 8.21. The van der Waals surface area contributed by atoms with E-state index >= 15 is 0 Å². The smallest absolute Gasteiger partial charge is 0.146 e. The molecule has 3 saturated carbocycles. The van der Waals surface area contributed by atoms with Crippen molar-refractivity contribution >= 4 is 23.5 Å². The van der Waals surface area contributed by atoms with Gasteiger partial charge in [0.2, 0.25) is 0 Å². The van der Waals surface area contributed by atoms with E-state index in [1.807, 2.05) is 0 Å². The second kappa shape index (κ2) is 7.72. The maximum absolute atomic E-state index is 10.5. The summed E-state index contributed by atoms with van der Waals surface area (Å²) >= 11 is 4.35. The highest BCUT2D eigenvalue weighted by Gasteiger charge is 2.62. The van der Waals surface area contributed by atoms with Crippen molar-refractivity contribution in [3.8, 4) is 0 Å². The van der Waals surface area contributed by atoms with Crippen LogP contribution in [0, 0.1) is 34.5 Å². The molecule has 7 atom stereocenters. The van der Waals surface area contributed by atoms with Crippen LogP contribution >= 0.6 is 23.5 Å². The van der Waals surface area contributed by atoms with Gasteiger partial charge < -0.3 is 14.6 Å². The summed E-state index contributed by atoms with van der Waals surface area (Å²) in [5.41, 5.74) is 2.29. The summed E-state index contributed by atoms with van der Waals surface area (Å²) in [6.45, 7) is 5.81. The quantitative estimate of drug-likeness (QED) is 0.474. The fourth-order valence-electron chi connectivity index (χ4n) is 8.09. The van der Waals surface area contributed by atoms with E-state index < -0.39 is 0 Å². The molecule has 0 bridgehead atoms. The Morgan fingerprint density at radius 1 is 1.07 bits per heavy atom. The van der Waals surface area contributed by atoms with Crippen LogP contribution in [0.2, 0.25) is 0 Å². The number of hydrogen-bond acceptors (Lipinski definition) is 5. The van der Waals surface area contributed by atoms with Gasteiger partial charge in [-0.15, -0.1) is 23.5 Å². The van der Waals surface area contributed by atoms with Gasteiger partial charge >= 0.3 is 0 Å². The van der Waals surface area contributed by atoms with Gasteiger partial charge in [-0.05, 0) is 79.4 Å². The molecule has 1 heterocycles. The molecule has 1 saturated heterocycles. The van der Waals surface area contributed by atoms with Gasteiger partial charge in [-0.3, -0.25) is 0 Å². The molecule has 29 heavy (non-hydrogen) atoms. The Morgan fingerprint density at radius 2 is 1.86 bits per heavy atom. The fourth-order valence-corrected chi connectivity index (χ4v) is 11.2. The van der Waals surface area contributed by atoms with Crippen LogP contribution < -0.4 is 0 Å². The minimum absolute atomic E-state index is 0.248. The number of aliphatic hydroxyl groups excluding tert-OH is 1. The van der Waals surface area contributed by atoms with Crippen molar-refractivity contribution < 1.29 is 14.6 Å². The van der Waals surface area contributed by atoms with Crippen LogP contribution in [0.25, 0.3) is 0 Å². The maximum atomic E-state index is 10.5. The molecule has 0 aromatic carbocycles. The monoisotopic (exact) mass is 438 g/mol. The standard InChI is InChI=1S/C24H38O3S2/c1-22-8-9-24(28-10-11-29-24)13-17(22)12-16(14-25)21-18-4-5-20(27-15-26-3)23(18,2)7-6-19(21)22/h13,16,18-21,25H,4-12,14-15H2,1-3H3/t16-,18-,19-,20-,21-,22-,23-/m0/s1. The van der Waals surface area contributed by atoms with E-state index in [2.05, 4.69) is 43.4 Å². The number of methoxy groups -OCH3 is 1. The largest absolute Gasteiger partial charge is 0.396 e. The lowest BCUT2D eigenvalue weighted by atomic mass is 9.45. The Kier molecular flexibility index (Phi) is 5.64. The van der Waals surface area contributed by atoms with Crippen LogP contribution in [0.1, 0.15) is 58.8 Å². The van der Waals surface area contributed by atoms with E-state index in [1.54, 1.807) is 12.7 Å². The number of fused-ring (bicyclic) bond motifs is 5. The van der Waals surface area contributed by atoms with E-state index in [-0.39, 0.29) is 5.41 Å². The van der Waals surface area contributed by atoms with Crippen molar-refractivity contribution in [2.75, 3.05) is 32.0 Å². The Balaban J connectivity index is 1.46. The zero-order chi connectivity index (χ0) is 20.3. The molecule has 0 aromatic heterocycles. The third kappa shape index (κ3) is 3.20. The highest BCUT2D eigenvalue weighted by atomic mass is 32.2. The average molecular weight is 439 g/mol. The van der Waals surface area contributed by atoms with Crippen LogP contribution in [0.15, 0.2) is 11.6 Å². The third-order valence-electron chi connectivity index (χ3n) is 9.61. The normalized spacial score (nSPS) is 48.1. The summed E-state index contributed by atoms with van der Waals surface area (Å²) in [5.74, 6) is 5.08. The van der Waals surface area contributed by atoms with Gasteiger partial charge in [0.05, 0.1) is 10.2 Å². The molecule has 0 aromatic rings. The molecule has 3 nitrogen and oxygen atoms in total. The van der Waals surface area contributed by atoms with E-state index in [1.165, 1.54) is 43.6 Å². The third-order valence-corrected chi connectivity index (χ3v) is 13.0. The lowest BCUT2D eigenvalue weighted by Crippen LogP contribution is -2.55. The lowest BCUT2D eigenvalue weighted by Gasteiger charge is -2.61. The van der Waals surface area contributed by atoms with Gasteiger partial charge in [0.15, 0.2) is 0 Å². The van der Waals surface area contributed by atoms with Crippen LogP contribution in [-0.4, -0.2) is 47.3 Å². The molecule has 0 unspecified atom stereocenters. The molecule has 0 amide bonds. The summed E-state index contributed by atoms with van der Waals surface area (Å²) in [7, 11) is 1.72. The van der Waals surface area contributed by atoms with Crippen molar-refractivity contribution in [3.63, 3.8) is 0 Å². The van der Waals surface area contributed by atoms with Crippen molar-refractivity contribution in [2.24, 2.45) is 34.5 Å². The number of aliphatic hydroxyl groups is 1. The van der Waals surface area contributed by atoms with Gasteiger partial charge in [0, 0.05) is 25.2 Å². The number of hydrogen-bond donors (Lipinski definition) is 1. The number of allylic oxidation sites excluding steroid dienone is 1. The van der Waals surface area contributed by atoms with Crippen molar-refractivity contribution in [3.05, 3.63) is 11.6 Å². The fraction of sp³-hybridized carbons (Fsp3) is 0.917. The van der Waals surface area contributed by atoms with Gasteiger partial charge in [-0.1, -0.05) is 25.5 Å². The summed E-state index contributed by atoms with van der Waals surface area (Å²) < 4.78 is 11.7. The zero-order valence-corrected chi connectivity index (χ0v) is 20.0. The number of thioether (sulfide) groups is 2. The highest BCUT2D eigenvalue weighted by Crippen LogP contribution is 2.69. The molecule has 5 heteroatoms. The first-order valence-electron chi connectivity index (χ1n) is 11.7. The average Bonchev–Trinajstić information content (AvgIpc) is 3.31. The predicted octanol–water partition coefficient (Wildman–Crippen LogP) is 5.33. The van der Waals surface area contributed by atoms with Crippen LogP contribution in [0.3, 0.4) is 0 Å². The van der Waals surface area contributed by atoms with Crippen LogP contribution in [0.4, 0.5) is 0 Å². The Morgan fingerprint density at radius 3 is 2.59 bits per heavy atom. The SMILES string of the molecule is COCO[C@H]1CC[C@H]2[C@@H]3[C@H](CO)CC4=CC5(CC[C@]4(C)[C@H]3CC[C@]12C)SCCS5. The lowest BCUT2D eigenvalue weighted by molar-refractivity contribution is -0.147. The molecule has 5 aliphatic rings. The first-order chi connectivity index (χ1) is 14.0. The zero-order valence-electron chi connectivity index (χ0n) is 18.3. The van der Waals surface area contributed by atoms with E-state index in [4.69, 9.17) is 9.47 Å². The minimum atomic E-state index is 0.248. The van der Waals surface area contributed by atoms with Crippen molar-refractivity contribution in [2.45, 2.75) is 69.0 Å². The summed E-state index contributed by atoms with van der Waals surface area (Å²) in [6, 6.07) is 0. The van der Waals surface area contributed by atoms with E-state index in [0.29, 0.717) is 46.8 Å². The van der Waals surface area contributed by atoms with E-state index in [9.17, 15) is 5.11 Å². The molecule has 4 fully saturated rings. The molecular weight excluding hydrogens is 400 g/mol. The van der Waals surface area contributed by atoms with Crippen LogP contribution in [-0.2, 0) is 9.47 Å². The summed E-state index contributed by atoms with van der Waals surface area (Å²) in [6.07, 6.45) is 11.8. The molecule has 1 N–H and O–H groups in total. The summed E-state index contributed by atoms with van der Waals surface area (Å²) in [5, 5.41) is 10.5. The Bertz CT molecular complexity index is 661. The van der Waals surface area contributed by atoms with Crippen LogP contribution in [0.5, 0.6) is 0 Å². The van der Waals surface area contributed by atoms with Gasteiger partial charge in [0.25, 0.3) is 0 Å². The first kappa shape index (κ1) is 21.2. The molecule has 164 valence electrons. The molecule has 1 aliphatic heterocycles. The molecule has 1 spiro atoms. The molecule has 5 rings (SSSR count). The minimum Gasteiger partial charge on any atom is -0.396 e. The number of rotatable bonds is 4. The topological polar surface area (TPSA) is 38.7 Å².